The smallest absolute Gasteiger partial charge is 0.119 e. The van der Waals surface area contributed by atoms with Crippen LogP contribution in [-0.4, -0.2) is 26.7 Å². The van der Waals surface area contributed by atoms with Gasteiger partial charge < -0.3 is 15.4 Å². The van der Waals surface area contributed by atoms with Crippen molar-refractivity contribution in [1.82, 2.24) is 0 Å². The molecule has 0 aliphatic carbocycles. The number of anilines is 1. The van der Waals surface area contributed by atoms with E-state index in [2.05, 4.69) is 24.0 Å². The fourth-order valence-corrected chi connectivity index (χ4v) is 2.48. The molecule has 0 amide bonds. The first kappa shape index (κ1) is 11.3. The molecule has 0 bridgehead atoms. The summed E-state index contributed by atoms with van der Waals surface area (Å²) in [6, 6.07) is 6.35. The van der Waals surface area contributed by atoms with Gasteiger partial charge in [0.05, 0.1) is 7.11 Å². The van der Waals surface area contributed by atoms with E-state index in [-0.39, 0.29) is 0 Å². The third kappa shape index (κ3) is 1.87. The number of hydrogen-bond donors (Lipinski definition) is 1. The topological polar surface area (TPSA) is 38.5 Å². The van der Waals surface area contributed by atoms with Crippen molar-refractivity contribution in [2.24, 2.45) is 5.73 Å². The van der Waals surface area contributed by atoms with Crippen molar-refractivity contribution in [3.8, 4) is 5.75 Å². The Labute approximate surface area is 97.2 Å². The van der Waals surface area contributed by atoms with Crippen LogP contribution in [0, 0.1) is 0 Å². The van der Waals surface area contributed by atoms with Crippen LogP contribution in [0.1, 0.15) is 24.8 Å². The van der Waals surface area contributed by atoms with E-state index in [0.717, 1.165) is 31.8 Å². The van der Waals surface area contributed by atoms with E-state index in [1.807, 2.05) is 6.07 Å². The molecule has 0 fully saturated rings. The Balaban J connectivity index is 2.33. The van der Waals surface area contributed by atoms with E-state index in [0.29, 0.717) is 5.92 Å². The molecule has 1 atom stereocenters. The molecular formula is C13H20N2O. The minimum atomic E-state index is 0.565. The Bertz CT molecular complexity index is 365. The highest BCUT2D eigenvalue weighted by atomic mass is 16.5. The lowest BCUT2D eigenvalue weighted by Gasteiger charge is -2.17. The lowest BCUT2D eigenvalue weighted by Crippen LogP contribution is -2.21. The van der Waals surface area contributed by atoms with Crippen LogP contribution < -0.4 is 15.4 Å². The van der Waals surface area contributed by atoms with Crippen LogP contribution in [0.3, 0.4) is 0 Å². The Morgan fingerprint density at radius 3 is 2.94 bits per heavy atom. The Kier molecular flexibility index (Phi) is 3.34. The number of nitrogens with zero attached hydrogens (tertiary/aromatic N) is 1. The monoisotopic (exact) mass is 220 g/mol. The number of hydrogen-bond acceptors (Lipinski definition) is 3. The fourth-order valence-electron chi connectivity index (χ4n) is 2.48. The largest absolute Gasteiger partial charge is 0.497 e. The van der Waals surface area contributed by atoms with Crippen LogP contribution in [0.2, 0.25) is 0 Å². The number of benzene rings is 1. The summed E-state index contributed by atoms with van der Waals surface area (Å²) in [4.78, 5) is 2.41. The van der Waals surface area contributed by atoms with Crippen LogP contribution in [0.5, 0.6) is 5.75 Å². The summed E-state index contributed by atoms with van der Waals surface area (Å²) in [6.07, 6.45) is 1.05. The first-order valence-electron chi connectivity index (χ1n) is 5.93. The van der Waals surface area contributed by atoms with Crippen LogP contribution >= 0.6 is 0 Å². The minimum absolute atomic E-state index is 0.565. The molecule has 0 saturated carbocycles. The first-order valence-corrected chi connectivity index (χ1v) is 5.93. The van der Waals surface area contributed by atoms with Crippen molar-refractivity contribution in [2.75, 3.05) is 31.6 Å². The van der Waals surface area contributed by atoms with E-state index >= 15 is 0 Å². The van der Waals surface area contributed by atoms with E-state index in [1.54, 1.807) is 7.11 Å². The first-order chi connectivity index (χ1) is 7.80. The number of nitrogens with two attached hydrogens (primary N) is 1. The molecule has 1 unspecified atom stereocenters. The van der Waals surface area contributed by atoms with Gasteiger partial charge in [-0.2, -0.15) is 0 Å². The van der Waals surface area contributed by atoms with Gasteiger partial charge in [-0.05, 0) is 43.7 Å². The zero-order valence-corrected chi connectivity index (χ0v) is 10.1. The Morgan fingerprint density at radius 2 is 2.31 bits per heavy atom. The highest BCUT2D eigenvalue weighted by molar-refractivity contribution is 5.62. The molecule has 3 heteroatoms. The van der Waals surface area contributed by atoms with Gasteiger partial charge in [-0.25, -0.2) is 0 Å². The van der Waals surface area contributed by atoms with Gasteiger partial charge in [0.25, 0.3) is 0 Å². The Morgan fingerprint density at radius 1 is 1.50 bits per heavy atom. The lowest BCUT2D eigenvalue weighted by molar-refractivity contribution is 0.414. The number of methoxy groups -OCH3 is 1. The van der Waals surface area contributed by atoms with Gasteiger partial charge in [0, 0.05) is 24.7 Å². The number of ether oxygens (including phenoxy) is 1. The summed E-state index contributed by atoms with van der Waals surface area (Å²) in [5.41, 5.74) is 8.42. The normalized spacial score (nSPS) is 18.7. The average Bonchev–Trinajstić information content (AvgIpc) is 2.67. The molecule has 1 aromatic rings. The number of likely N-dealkylation sites (N-methyl/N-ethyl adjacent to an activating group) is 1. The van der Waals surface area contributed by atoms with E-state index < -0.39 is 0 Å². The summed E-state index contributed by atoms with van der Waals surface area (Å²) in [5, 5.41) is 0. The number of rotatable bonds is 4. The second-order valence-electron chi connectivity index (χ2n) is 4.24. The molecule has 2 rings (SSSR count). The summed E-state index contributed by atoms with van der Waals surface area (Å²) in [7, 11) is 1.71. The average molecular weight is 220 g/mol. The zero-order valence-electron chi connectivity index (χ0n) is 10.1. The van der Waals surface area contributed by atoms with Gasteiger partial charge in [0.1, 0.15) is 5.75 Å². The summed E-state index contributed by atoms with van der Waals surface area (Å²) >= 11 is 0. The van der Waals surface area contributed by atoms with Crippen LogP contribution in [0.4, 0.5) is 5.69 Å². The maximum absolute atomic E-state index is 5.67. The van der Waals surface area contributed by atoms with Crippen LogP contribution in [-0.2, 0) is 0 Å². The highest BCUT2D eigenvalue weighted by Gasteiger charge is 2.27. The highest BCUT2D eigenvalue weighted by Crippen LogP contribution is 2.39. The zero-order chi connectivity index (χ0) is 11.5. The third-order valence-electron chi connectivity index (χ3n) is 3.35. The van der Waals surface area contributed by atoms with Gasteiger partial charge in [-0.15, -0.1) is 0 Å². The van der Waals surface area contributed by atoms with Crippen LogP contribution in [0.15, 0.2) is 18.2 Å². The number of fused-ring (bicyclic) bond motifs is 1. The van der Waals surface area contributed by atoms with E-state index in [1.165, 1.54) is 11.3 Å². The summed E-state index contributed by atoms with van der Waals surface area (Å²) < 4.78 is 5.29. The summed E-state index contributed by atoms with van der Waals surface area (Å²) in [5.74, 6) is 1.51. The predicted octanol–water partition coefficient (Wildman–Crippen LogP) is 1.97. The molecular weight excluding hydrogens is 200 g/mol. The van der Waals surface area contributed by atoms with E-state index in [4.69, 9.17) is 10.5 Å². The molecule has 0 saturated heterocycles. The van der Waals surface area contributed by atoms with Crippen molar-refractivity contribution in [3.05, 3.63) is 23.8 Å². The molecule has 16 heavy (non-hydrogen) atoms. The van der Waals surface area contributed by atoms with Crippen molar-refractivity contribution in [2.45, 2.75) is 19.3 Å². The van der Waals surface area contributed by atoms with Crippen molar-refractivity contribution >= 4 is 5.69 Å². The summed E-state index contributed by atoms with van der Waals surface area (Å²) in [6.45, 7) is 5.09. The predicted molar refractivity (Wildman–Crippen MR) is 67.3 cm³/mol. The lowest BCUT2D eigenvalue weighted by atomic mass is 9.98. The SMILES string of the molecule is CCN1CC(CCN)c2cc(OC)ccc21. The minimum Gasteiger partial charge on any atom is -0.497 e. The molecule has 1 aliphatic heterocycles. The van der Waals surface area contributed by atoms with Gasteiger partial charge in [0.2, 0.25) is 0 Å². The molecule has 1 aliphatic rings. The van der Waals surface area contributed by atoms with Gasteiger partial charge >= 0.3 is 0 Å². The molecule has 1 aromatic carbocycles. The molecule has 88 valence electrons. The molecule has 2 N–H and O–H groups in total. The van der Waals surface area contributed by atoms with Gasteiger partial charge in [-0.3, -0.25) is 0 Å². The maximum Gasteiger partial charge on any atom is 0.119 e. The molecule has 3 nitrogen and oxygen atoms in total. The third-order valence-corrected chi connectivity index (χ3v) is 3.35. The molecule has 1 heterocycles. The fraction of sp³-hybridized carbons (Fsp3) is 0.538. The Hall–Kier alpha value is -1.22. The second-order valence-corrected chi connectivity index (χ2v) is 4.24. The quantitative estimate of drug-likeness (QED) is 0.843. The molecule has 0 aromatic heterocycles. The van der Waals surface area contributed by atoms with E-state index in [9.17, 15) is 0 Å². The second kappa shape index (κ2) is 4.74. The van der Waals surface area contributed by atoms with Crippen LogP contribution in [0.25, 0.3) is 0 Å². The maximum atomic E-state index is 5.67. The van der Waals surface area contributed by atoms with Gasteiger partial charge in [0.15, 0.2) is 0 Å². The standard InChI is InChI=1S/C13H20N2O/c1-3-15-9-10(6-7-14)12-8-11(16-2)4-5-13(12)15/h4-5,8,10H,3,6-7,9,14H2,1-2H3. The van der Waals surface area contributed by atoms with Gasteiger partial charge in [-0.1, -0.05) is 0 Å². The van der Waals surface area contributed by atoms with Crippen molar-refractivity contribution < 1.29 is 4.74 Å². The van der Waals surface area contributed by atoms with Crippen molar-refractivity contribution in [1.29, 1.82) is 0 Å². The van der Waals surface area contributed by atoms with Crippen molar-refractivity contribution in [3.63, 3.8) is 0 Å². The molecule has 0 spiro atoms. The molecule has 0 radical (unpaired) electrons.